The number of rotatable bonds is 4. The van der Waals surface area contributed by atoms with E-state index in [4.69, 9.17) is 5.11 Å². The van der Waals surface area contributed by atoms with Crippen LogP contribution in [0.3, 0.4) is 0 Å². The normalized spacial score (nSPS) is 10.4. The SMILES string of the molecule is OCCCCc1cc(Br)ccc1F. The molecule has 0 radical (unpaired) electrons. The van der Waals surface area contributed by atoms with Crippen LogP contribution in [-0.4, -0.2) is 11.7 Å². The van der Waals surface area contributed by atoms with Crippen LogP contribution in [0, 0.1) is 5.82 Å². The third kappa shape index (κ3) is 3.44. The molecule has 1 aromatic rings. The van der Waals surface area contributed by atoms with Gasteiger partial charge < -0.3 is 5.11 Å². The summed E-state index contributed by atoms with van der Waals surface area (Å²) in [6, 6.07) is 4.93. The van der Waals surface area contributed by atoms with Gasteiger partial charge in [0, 0.05) is 11.1 Å². The summed E-state index contributed by atoms with van der Waals surface area (Å²) >= 11 is 3.29. The Balaban J connectivity index is 2.59. The first kappa shape index (κ1) is 10.7. The van der Waals surface area contributed by atoms with Gasteiger partial charge in [0.1, 0.15) is 5.82 Å². The first-order valence-corrected chi connectivity index (χ1v) is 5.08. The molecule has 0 saturated carbocycles. The molecule has 1 nitrogen and oxygen atoms in total. The smallest absolute Gasteiger partial charge is 0.126 e. The molecule has 0 unspecified atom stereocenters. The molecule has 0 bridgehead atoms. The zero-order valence-corrected chi connectivity index (χ0v) is 8.85. The van der Waals surface area contributed by atoms with Gasteiger partial charge in [0.2, 0.25) is 0 Å². The molecule has 0 aliphatic carbocycles. The number of aryl methyl sites for hydroxylation is 1. The number of benzene rings is 1. The van der Waals surface area contributed by atoms with Crippen molar-refractivity contribution in [1.82, 2.24) is 0 Å². The van der Waals surface area contributed by atoms with E-state index < -0.39 is 0 Å². The van der Waals surface area contributed by atoms with E-state index in [0.717, 1.165) is 17.3 Å². The van der Waals surface area contributed by atoms with Crippen LogP contribution in [0.25, 0.3) is 0 Å². The molecular weight excluding hydrogens is 235 g/mol. The van der Waals surface area contributed by atoms with E-state index in [2.05, 4.69) is 15.9 Å². The van der Waals surface area contributed by atoms with Gasteiger partial charge >= 0.3 is 0 Å². The minimum Gasteiger partial charge on any atom is -0.396 e. The molecule has 13 heavy (non-hydrogen) atoms. The first-order valence-electron chi connectivity index (χ1n) is 4.29. The second-order valence-corrected chi connectivity index (χ2v) is 3.83. The maximum atomic E-state index is 13.1. The van der Waals surface area contributed by atoms with E-state index in [-0.39, 0.29) is 12.4 Å². The Morgan fingerprint density at radius 2 is 2.08 bits per heavy atom. The molecule has 3 heteroatoms. The van der Waals surface area contributed by atoms with E-state index in [1.807, 2.05) is 0 Å². The lowest BCUT2D eigenvalue weighted by Gasteiger charge is -2.02. The van der Waals surface area contributed by atoms with Crippen LogP contribution >= 0.6 is 15.9 Å². The highest BCUT2D eigenvalue weighted by atomic mass is 79.9. The number of unbranched alkanes of at least 4 members (excludes halogenated alkanes) is 1. The molecule has 0 aliphatic heterocycles. The fraction of sp³-hybridized carbons (Fsp3) is 0.400. The maximum absolute atomic E-state index is 13.1. The van der Waals surface area contributed by atoms with E-state index in [9.17, 15) is 4.39 Å². The van der Waals surface area contributed by atoms with Gasteiger partial charge in [-0.3, -0.25) is 0 Å². The van der Waals surface area contributed by atoms with Crippen molar-refractivity contribution in [3.8, 4) is 0 Å². The lowest BCUT2D eigenvalue weighted by molar-refractivity contribution is 0.284. The number of hydrogen-bond acceptors (Lipinski definition) is 1. The molecular formula is C10H12BrFO. The minimum absolute atomic E-state index is 0.166. The van der Waals surface area contributed by atoms with Crippen molar-refractivity contribution >= 4 is 15.9 Å². The lowest BCUT2D eigenvalue weighted by atomic mass is 10.1. The minimum atomic E-state index is -0.166. The molecule has 0 fully saturated rings. The summed E-state index contributed by atoms with van der Waals surface area (Å²) in [5.41, 5.74) is 0.711. The molecule has 0 heterocycles. The Labute approximate surface area is 85.7 Å². The van der Waals surface area contributed by atoms with Crippen LogP contribution in [0.2, 0.25) is 0 Å². The molecule has 0 aliphatic rings. The van der Waals surface area contributed by atoms with Crippen molar-refractivity contribution in [3.05, 3.63) is 34.1 Å². The Bertz CT molecular complexity index is 276. The van der Waals surface area contributed by atoms with Crippen LogP contribution in [0.5, 0.6) is 0 Å². The first-order chi connectivity index (χ1) is 6.24. The molecule has 72 valence electrons. The van der Waals surface area contributed by atoms with Gasteiger partial charge in [-0.05, 0) is 43.0 Å². The summed E-state index contributed by atoms with van der Waals surface area (Å²) in [5, 5.41) is 8.57. The highest BCUT2D eigenvalue weighted by Gasteiger charge is 2.01. The number of aliphatic hydroxyl groups is 1. The fourth-order valence-electron chi connectivity index (χ4n) is 1.16. The summed E-state index contributed by atoms with van der Waals surface area (Å²) < 4.78 is 14.0. The van der Waals surface area contributed by atoms with Crippen LogP contribution in [0.1, 0.15) is 18.4 Å². The highest BCUT2D eigenvalue weighted by Crippen LogP contribution is 2.17. The molecule has 0 saturated heterocycles. The van der Waals surface area contributed by atoms with Gasteiger partial charge in [-0.2, -0.15) is 0 Å². The van der Waals surface area contributed by atoms with E-state index in [1.54, 1.807) is 12.1 Å². The third-order valence-electron chi connectivity index (χ3n) is 1.86. The second-order valence-electron chi connectivity index (χ2n) is 2.92. The topological polar surface area (TPSA) is 20.2 Å². The summed E-state index contributed by atoms with van der Waals surface area (Å²) in [6.45, 7) is 0.176. The van der Waals surface area contributed by atoms with Crippen molar-refractivity contribution in [2.45, 2.75) is 19.3 Å². The Morgan fingerprint density at radius 1 is 1.31 bits per heavy atom. The molecule has 0 atom stereocenters. The van der Waals surface area contributed by atoms with Gasteiger partial charge in [-0.1, -0.05) is 15.9 Å². The maximum Gasteiger partial charge on any atom is 0.126 e. The predicted molar refractivity (Wildman–Crippen MR) is 54.1 cm³/mol. The van der Waals surface area contributed by atoms with Crippen LogP contribution in [-0.2, 0) is 6.42 Å². The zero-order chi connectivity index (χ0) is 9.68. The molecule has 1 N–H and O–H groups in total. The Morgan fingerprint density at radius 3 is 2.77 bits per heavy atom. The van der Waals surface area contributed by atoms with Crippen molar-refractivity contribution in [2.24, 2.45) is 0 Å². The Hall–Kier alpha value is -0.410. The fourth-order valence-corrected chi connectivity index (χ4v) is 1.57. The highest BCUT2D eigenvalue weighted by molar-refractivity contribution is 9.10. The molecule has 1 rings (SSSR count). The molecule has 0 amide bonds. The van der Waals surface area contributed by atoms with Gasteiger partial charge in [0.25, 0.3) is 0 Å². The Kier molecular flexibility index (Phi) is 4.39. The second kappa shape index (κ2) is 5.35. The summed E-state index contributed by atoms with van der Waals surface area (Å²) in [5.74, 6) is -0.166. The summed E-state index contributed by atoms with van der Waals surface area (Å²) in [7, 11) is 0. The number of halogens is 2. The van der Waals surface area contributed by atoms with Gasteiger partial charge in [0.05, 0.1) is 0 Å². The van der Waals surface area contributed by atoms with E-state index in [1.165, 1.54) is 6.07 Å². The van der Waals surface area contributed by atoms with Gasteiger partial charge in [0.15, 0.2) is 0 Å². The quantitative estimate of drug-likeness (QED) is 0.811. The number of aliphatic hydroxyl groups excluding tert-OH is 1. The lowest BCUT2D eigenvalue weighted by Crippen LogP contribution is -1.92. The van der Waals surface area contributed by atoms with Crippen LogP contribution in [0.4, 0.5) is 4.39 Å². The van der Waals surface area contributed by atoms with Crippen LogP contribution in [0.15, 0.2) is 22.7 Å². The standard InChI is InChI=1S/C10H12BrFO/c11-9-4-5-10(12)8(7-9)3-1-2-6-13/h4-5,7,13H,1-3,6H2. The van der Waals surface area contributed by atoms with E-state index in [0.29, 0.717) is 12.0 Å². The largest absolute Gasteiger partial charge is 0.396 e. The van der Waals surface area contributed by atoms with E-state index >= 15 is 0 Å². The molecule has 1 aromatic carbocycles. The third-order valence-corrected chi connectivity index (χ3v) is 2.36. The van der Waals surface area contributed by atoms with Crippen molar-refractivity contribution in [2.75, 3.05) is 6.61 Å². The summed E-state index contributed by atoms with van der Waals surface area (Å²) in [6.07, 6.45) is 2.24. The van der Waals surface area contributed by atoms with Gasteiger partial charge in [-0.15, -0.1) is 0 Å². The average molecular weight is 247 g/mol. The predicted octanol–water partition coefficient (Wildman–Crippen LogP) is 2.90. The average Bonchev–Trinajstić information content (AvgIpc) is 2.11. The molecule has 0 aromatic heterocycles. The van der Waals surface area contributed by atoms with Gasteiger partial charge in [-0.25, -0.2) is 4.39 Å². The van der Waals surface area contributed by atoms with Crippen molar-refractivity contribution in [1.29, 1.82) is 0 Å². The van der Waals surface area contributed by atoms with Crippen molar-refractivity contribution < 1.29 is 9.50 Å². The zero-order valence-electron chi connectivity index (χ0n) is 7.26. The summed E-state index contributed by atoms with van der Waals surface area (Å²) in [4.78, 5) is 0. The van der Waals surface area contributed by atoms with Crippen LogP contribution < -0.4 is 0 Å². The van der Waals surface area contributed by atoms with Crippen molar-refractivity contribution in [3.63, 3.8) is 0 Å². The monoisotopic (exact) mass is 246 g/mol. The number of hydrogen-bond donors (Lipinski definition) is 1. The molecule has 0 spiro atoms.